The van der Waals surface area contributed by atoms with Crippen LogP contribution in [0.15, 0.2) is 0 Å². The van der Waals surface area contributed by atoms with Gasteiger partial charge in [0.25, 0.3) is 0 Å². The highest BCUT2D eigenvalue weighted by Crippen LogP contribution is 2.20. The van der Waals surface area contributed by atoms with Crippen LogP contribution in [0.25, 0.3) is 0 Å². The van der Waals surface area contributed by atoms with Crippen LogP contribution in [0.5, 0.6) is 0 Å². The van der Waals surface area contributed by atoms with Crippen molar-refractivity contribution in [1.29, 1.82) is 0 Å². The van der Waals surface area contributed by atoms with E-state index in [1.54, 1.807) is 0 Å². The van der Waals surface area contributed by atoms with E-state index in [2.05, 4.69) is 29.0 Å². The zero-order valence-electron chi connectivity index (χ0n) is 12.5. The summed E-state index contributed by atoms with van der Waals surface area (Å²) in [6.07, 6.45) is 3.13. The predicted molar refractivity (Wildman–Crippen MR) is 78.1 cm³/mol. The van der Waals surface area contributed by atoms with E-state index in [-0.39, 0.29) is 0 Å². The second-order valence-corrected chi connectivity index (χ2v) is 6.04. The summed E-state index contributed by atoms with van der Waals surface area (Å²) >= 11 is 0. The molecule has 2 aliphatic rings. The summed E-state index contributed by atoms with van der Waals surface area (Å²) in [7, 11) is 0. The molecular weight excluding hydrogens is 238 g/mol. The maximum atomic E-state index is 12.1. The molecule has 2 rings (SSSR count). The minimum Gasteiger partial charge on any atom is -0.343 e. The van der Waals surface area contributed by atoms with Crippen molar-refractivity contribution in [3.63, 3.8) is 0 Å². The van der Waals surface area contributed by atoms with Crippen LogP contribution in [-0.4, -0.2) is 61.5 Å². The normalized spacial score (nSPS) is 21.7. The number of piperidine rings is 1. The van der Waals surface area contributed by atoms with Crippen LogP contribution in [0.2, 0.25) is 0 Å². The Balaban J connectivity index is 1.67. The van der Waals surface area contributed by atoms with Gasteiger partial charge >= 0.3 is 0 Å². The first-order valence-corrected chi connectivity index (χ1v) is 7.93. The molecule has 2 aliphatic heterocycles. The largest absolute Gasteiger partial charge is 0.343 e. The topological polar surface area (TPSA) is 35.6 Å². The van der Waals surface area contributed by atoms with E-state index >= 15 is 0 Å². The first-order valence-electron chi connectivity index (χ1n) is 7.93. The second-order valence-electron chi connectivity index (χ2n) is 6.04. The molecule has 0 spiro atoms. The number of amides is 1. The van der Waals surface area contributed by atoms with Crippen LogP contribution in [0.1, 0.15) is 33.1 Å². The van der Waals surface area contributed by atoms with Crippen LogP contribution >= 0.6 is 0 Å². The molecule has 0 saturated carbocycles. The van der Waals surface area contributed by atoms with Crippen molar-refractivity contribution in [2.24, 2.45) is 11.8 Å². The lowest BCUT2D eigenvalue weighted by Gasteiger charge is -2.36. The molecule has 0 aliphatic carbocycles. The molecule has 0 aromatic rings. The van der Waals surface area contributed by atoms with Crippen molar-refractivity contribution < 1.29 is 4.79 Å². The third kappa shape index (κ3) is 4.18. The summed E-state index contributed by atoms with van der Waals surface area (Å²) in [4.78, 5) is 16.7. The van der Waals surface area contributed by atoms with Crippen LogP contribution in [-0.2, 0) is 4.79 Å². The zero-order chi connectivity index (χ0) is 13.7. The molecule has 0 aromatic heterocycles. The molecule has 4 heteroatoms. The Kier molecular flexibility index (Phi) is 5.64. The molecule has 2 fully saturated rings. The van der Waals surface area contributed by atoms with Crippen molar-refractivity contribution in [3.05, 3.63) is 0 Å². The molecular formula is C15H29N3O. The highest BCUT2D eigenvalue weighted by atomic mass is 16.2. The van der Waals surface area contributed by atoms with Gasteiger partial charge in [-0.15, -0.1) is 0 Å². The van der Waals surface area contributed by atoms with Crippen LogP contribution in [0.4, 0.5) is 0 Å². The molecule has 4 nitrogen and oxygen atoms in total. The molecule has 2 heterocycles. The fourth-order valence-corrected chi connectivity index (χ4v) is 3.08. The molecule has 2 saturated heterocycles. The highest BCUT2D eigenvalue weighted by molar-refractivity contribution is 5.76. The number of nitrogens with one attached hydrogen (secondary N) is 1. The Morgan fingerprint density at radius 3 is 2.26 bits per heavy atom. The lowest BCUT2D eigenvalue weighted by atomic mass is 9.94. The van der Waals surface area contributed by atoms with E-state index in [0.29, 0.717) is 11.8 Å². The van der Waals surface area contributed by atoms with Gasteiger partial charge in [-0.3, -0.25) is 4.79 Å². The Morgan fingerprint density at radius 2 is 1.79 bits per heavy atom. The molecule has 0 aromatic carbocycles. The van der Waals surface area contributed by atoms with Gasteiger partial charge in [-0.2, -0.15) is 0 Å². The summed E-state index contributed by atoms with van der Waals surface area (Å²) in [6, 6.07) is 0. The molecule has 1 N–H and O–H groups in total. The van der Waals surface area contributed by atoms with Crippen molar-refractivity contribution in [2.45, 2.75) is 33.1 Å². The SMILES string of the molecule is CCN(CC)CC1CCN(C(=O)CC2CNC2)CC1. The number of nitrogens with zero attached hydrogens (tertiary/aromatic N) is 2. The Hall–Kier alpha value is -0.610. The quantitative estimate of drug-likeness (QED) is 0.785. The van der Waals surface area contributed by atoms with Crippen molar-refractivity contribution in [3.8, 4) is 0 Å². The average Bonchev–Trinajstić information content (AvgIpc) is 2.40. The lowest BCUT2D eigenvalue weighted by molar-refractivity contribution is -0.134. The van der Waals surface area contributed by atoms with E-state index in [4.69, 9.17) is 0 Å². The smallest absolute Gasteiger partial charge is 0.222 e. The molecule has 110 valence electrons. The van der Waals surface area contributed by atoms with Crippen LogP contribution in [0, 0.1) is 11.8 Å². The molecule has 19 heavy (non-hydrogen) atoms. The Labute approximate surface area is 117 Å². The molecule has 0 bridgehead atoms. The zero-order valence-corrected chi connectivity index (χ0v) is 12.5. The fourth-order valence-electron chi connectivity index (χ4n) is 3.08. The van der Waals surface area contributed by atoms with E-state index in [0.717, 1.165) is 51.6 Å². The van der Waals surface area contributed by atoms with Gasteiger partial charge < -0.3 is 15.1 Å². The molecule has 1 amide bonds. The number of carbonyl (C=O) groups is 1. The van der Waals surface area contributed by atoms with Gasteiger partial charge in [0.1, 0.15) is 0 Å². The number of carbonyl (C=O) groups excluding carboxylic acids is 1. The van der Waals surface area contributed by atoms with Gasteiger partial charge in [0.15, 0.2) is 0 Å². The summed E-state index contributed by atoms with van der Waals surface area (Å²) < 4.78 is 0. The standard InChI is InChI=1S/C15H29N3O/c1-3-17(4-2)12-13-5-7-18(8-6-13)15(19)9-14-10-16-11-14/h13-14,16H,3-12H2,1-2H3. The number of likely N-dealkylation sites (tertiary alicyclic amines) is 1. The maximum Gasteiger partial charge on any atom is 0.222 e. The third-order valence-electron chi connectivity index (χ3n) is 4.71. The van der Waals surface area contributed by atoms with Gasteiger partial charge in [0.2, 0.25) is 5.91 Å². The molecule has 0 radical (unpaired) electrons. The highest BCUT2D eigenvalue weighted by Gasteiger charge is 2.27. The average molecular weight is 267 g/mol. The minimum atomic E-state index is 0.382. The summed E-state index contributed by atoms with van der Waals surface area (Å²) in [5.74, 6) is 1.77. The second kappa shape index (κ2) is 7.25. The maximum absolute atomic E-state index is 12.1. The summed E-state index contributed by atoms with van der Waals surface area (Å²) in [6.45, 7) is 12.0. The fraction of sp³-hybridized carbons (Fsp3) is 0.933. The van der Waals surface area contributed by atoms with E-state index in [1.165, 1.54) is 19.4 Å². The molecule has 0 unspecified atom stereocenters. The van der Waals surface area contributed by atoms with Gasteiger partial charge in [-0.25, -0.2) is 0 Å². The van der Waals surface area contributed by atoms with Gasteiger partial charge in [-0.1, -0.05) is 13.8 Å². The number of hydrogen-bond acceptors (Lipinski definition) is 3. The van der Waals surface area contributed by atoms with Crippen LogP contribution < -0.4 is 5.32 Å². The Morgan fingerprint density at radius 1 is 1.16 bits per heavy atom. The van der Waals surface area contributed by atoms with Crippen molar-refractivity contribution in [1.82, 2.24) is 15.1 Å². The van der Waals surface area contributed by atoms with Gasteiger partial charge in [0.05, 0.1) is 0 Å². The minimum absolute atomic E-state index is 0.382. The number of rotatable bonds is 6. The first-order chi connectivity index (χ1) is 9.22. The Bertz CT molecular complexity index is 279. The van der Waals surface area contributed by atoms with Crippen molar-refractivity contribution >= 4 is 5.91 Å². The van der Waals surface area contributed by atoms with Gasteiger partial charge in [-0.05, 0) is 50.9 Å². The van der Waals surface area contributed by atoms with E-state index < -0.39 is 0 Å². The molecule has 0 atom stereocenters. The third-order valence-corrected chi connectivity index (χ3v) is 4.71. The first kappa shape index (κ1) is 14.8. The van der Waals surface area contributed by atoms with Crippen LogP contribution in [0.3, 0.4) is 0 Å². The summed E-state index contributed by atoms with van der Waals surface area (Å²) in [5.41, 5.74) is 0. The van der Waals surface area contributed by atoms with Crippen molar-refractivity contribution in [2.75, 3.05) is 45.8 Å². The lowest BCUT2D eigenvalue weighted by Crippen LogP contribution is -2.47. The summed E-state index contributed by atoms with van der Waals surface area (Å²) in [5, 5.41) is 3.23. The predicted octanol–water partition coefficient (Wildman–Crippen LogP) is 1.18. The monoisotopic (exact) mass is 267 g/mol. The van der Waals surface area contributed by atoms with Gasteiger partial charge in [0, 0.05) is 26.1 Å². The number of hydrogen-bond donors (Lipinski definition) is 1. The van der Waals surface area contributed by atoms with E-state index in [9.17, 15) is 4.79 Å². The van der Waals surface area contributed by atoms with E-state index in [1.807, 2.05) is 0 Å².